The summed E-state index contributed by atoms with van der Waals surface area (Å²) in [5.74, 6) is 0. The Bertz CT molecular complexity index is 670. The fourth-order valence-electron chi connectivity index (χ4n) is 2.78. The van der Waals surface area contributed by atoms with Gasteiger partial charge < -0.3 is 10.2 Å². The minimum Gasteiger partial charge on any atom is -0.331 e. The van der Waals surface area contributed by atoms with Crippen molar-refractivity contribution in [3.8, 4) is 0 Å². The van der Waals surface area contributed by atoms with Crippen LogP contribution in [0.5, 0.6) is 0 Å². The van der Waals surface area contributed by atoms with Gasteiger partial charge in [0.2, 0.25) is 0 Å². The third-order valence-corrected chi connectivity index (χ3v) is 5.43. The maximum Gasteiger partial charge on any atom is 0.317 e. The lowest BCUT2D eigenvalue weighted by molar-refractivity contribution is 0.134. The summed E-state index contributed by atoms with van der Waals surface area (Å²) in [5.41, 5.74) is 1.06. The maximum atomic E-state index is 12.4. The monoisotopic (exact) mass is 364 g/mol. The van der Waals surface area contributed by atoms with Crippen molar-refractivity contribution >= 4 is 29.0 Å². The van der Waals surface area contributed by atoms with Crippen LogP contribution in [0.25, 0.3) is 0 Å². The number of hydrogen-bond acceptors (Lipinski definition) is 4. The van der Waals surface area contributed by atoms with E-state index in [1.807, 2.05) is 30.0 Å². The molecule has 128 valence electrons. The van der Waals surface area contributed by atoms with E-state index in [0.717, 1.165) is 42.6 Å². The highest BCUT2D eigenvalue weighted by Gasteiger charge is 2.22. The van der Waals surface area contributed by atoms with E-state index >= 15 is 0 Å². The number of rotatable bonds is 4. The first-order valence-electron chi connectivity index (χ1n) is 8.04. The van der Waals surface area contributed by atoms with Crippen LogP contribution in [-0.2, 0) is 6.54 Å². The van der Waals surface area contributed by atoms with Gasteiger partial charge in [-0.25, -0.2) is 4.79 Å². The largest absolute Gasteiger partial charge is 0.331 e. The summed E-state index contributed by atoms with van der Waals surface area (Å²) in [6, 6.07) is 7.84. The van der Waals surface area contributed by atoms with Crippen LogP contribution in [0.1, 0.15) is 23.4 Å². The Balaban J connectivity index is 1.46. The van der Waals surface area contributed by atoms with Crippen LogP contribution >= 0.6 is 22.9 Å². The lowest BCUT2D eigenvalue weighted by Gasteiger charge is -2.35. The minimum absolute atomic E-state index is 0.00173. The van der Waals surface area contributed by atoms with E-state index in [1.165, 1.54) is 4.88 Å². The van der Waals surface area contributed by atoms with Crippen LogP contribution in [0, 0.1) is 0 Å². The zero-order chi connectivity index (χ0) is 16.9. The number of pyridine rings is 1. The number of thiophene rings is 1. The molecule has 3 rings (SSSR count). The number of piperazine rings is 1. The zero-order valence-electron chi connectivity index (χ0n) is 13.6. The lowest BCUT2D eigenvalue weighted by atomic mass is 10.1. The number of nitrogens with one attached hydrogen (secondary N) is 1. The Morgan fingerprint density at radius 1 is 1.25 bits per heavy atom. The third-order valence-electron chi connectivity index (χ3n) is 4.21. The van der Waals surface area contributed by atoms with E-state index in [1.54, 1.807) is 23.7 Å². The fraction of sp³-hybridized carbons (Fsp3) is 0.412. The molecule has 2 amide bonds. The average molecular weight is 365 g/mol. The van der Waals surface area contributed by atoms with Crippen molar-refractivity contribution in [1.82, 2.24) is 20.1 Å². The Morgan fingerprint density at radius 3 is 2.58 bits per heavy atom. The van der Waals surface area contributed by atoms with Crippen molar-refractivity contribution in [3.63, 3.8) is 0 Å². The molecule has 0 spiro atoms. The van der Waals surface area contributed by atoms with Crippen LogP contribution in [0.4, 0.5) is 4.79 Å². The average Bonchev–Trinajstić information content (AvgIpc) is 3.01. The number of carbonyl (C=O) groups is 1. The SMILES string of the molecule is CC(NC(=O)N1CCN(Cc2ccc(Cl)s2)CC1)c1ccncc1. The molecule has 1 aliphatic rings. The van der Waals surface area contributed by atoms with Crippen LogP contribution in [0.15, 0.2) is 36.7 Å². The Morgan fingerprint density at radius 2 is 1.96 bits per heavy atom. The Kier molecular flexibility index (Phi) is 5.71. The van der Waals surface area contributed by atoms with Gasteiger partial charge >= 0.3 is 6.03 Å². The number of urea groups is 1. The highest BCUT2D eigenvalue weighted by atomic mass is 35.5. The standard InChI is InChI=1S/C17H21ClN4OS/c1-13(14-4-6-19-7-5-14)20-17(23)22-10-8-21(9-11-22)12-15-2-3-16(18)24-15/h2-7,13H,8-12H2,1H3,(H,20,23). The number of aromatic nitrogens is 1. The second-order valence-electron chi connectivity index (χ2n) is 5.92. The normalized spacial score (nSPS) is 16.8. The summed E-state index contributed by atoms with van der Waals surface area (Å²) in [6.45, 7) is 6.14. The molecule has 0 radical (unpaired) electrons. The van der Waals surface area contributed by atoms with Gasteiger partial charge in [-0.15, -0.1) is 11.3 Å². The zero-order valence-corrected chi connectivity index (χ0v) is 15.2. The topological polar surface area (TPSA) is 48.5 Å². The molecule has 2 aromatic heterocycles. The number of halogens is 1. The molecule has 1 atom stereocenters. The first-order chi connectivity index (χ1) is 11.6. The van der Waals surface area contributed by atoms with E-state index < -0.39 is 0 Å². The first kappa shape index (κ1) is 17.2. The van der Waals surface area contributed by atoms with E-state index in [0.29, 0.717) is 0 Å². The summed E-state index contributed by atoms with van der Waals surface area (Å²) in [6.07, 6.45) is 3.49. The van der Waals surface area contributed by atoms with Crippen LogP contribution in [0.3, 0.4) is 0 Å². The molecule has 1 fully saturated rings. The quantitative estimate of drug-likeness (QED) is 0.904. The number of hydrogen-bond donors (Lipinski definition) is 1. The predicted octanol–water partition coefficient (Wildman–Crippen LogP) is 3.38. The lowest BCUT2D eigenvalue weighted by Crippen LogP contribution is -2.51. The molecular formula is C17H21ClN4OS. The minimum atomic E-state index is -0.0215. The van der Waals surface area contributed by atoms with Gasteiger partial charge in [-0.2, -0.15) is 0 Å². The molecule has 0 aromatic carbocycles. The van der Waals surface area contributed by atoms with Gasteiger partial charge in [-0.3, -0.25) is 9.88 Å². The van der Waals surface area contributed by atoms with Gasteiger partial charge in [0, 0.05) is 50.0 Å². The molecule has 2 aromatic rings. The van der Waals surface area contributed by atoms with Gasteiger partial charge in [0.15, 0.2) is 0 Å². The van der Waals surface area contributed by atoms with Gasteiger partial charge in [0.25, 0.3) is 0 Å². The molecule has 0 aliphatic carbocycles. The van der Waals surface area contributed by atoms with Crippen LogP contribution < -0.4 is 5.32 Å². The van der Waals surface area contributed by atoms with Crippen molar-refractivity contribution in [2.45, 2.75) is 19.5 Å². The highest BCUT2D eigenvalue weighted by Crippen LogP contribution is 2.23. The van der Waals surface area contributed by atoms with E-state index in [4.69, 9.17) is 11.6 Å². The second-order valence-corrected chi connectivity index (χ2v) is 7.72. The van der Waals surface area contributed by atoms with E-state index in [2.05, 4.69) is 21.3 Å². The van der Waals surface area contributed by atoms with Gasteiger partial charge in [-0.1, -0.05) is 11.6 Å². The Hall–Kier alpha value is -1.63. The fourth-order valence-corrected chi connectivity index (χ4v) is 3.91. The second kappa shape index (κ2) is 7.96. The van der Waals surface area contributed by atoms with Crippen LogP contribution in [0.2, 0.25) is 4.34 Å². The van der Waals surface area contributed by atoms with E-state index in [-0.39, 0.29) is 12.1 Å². The van der Waals surface area contributed by atoms with Gasteiger partial charge in [0.1, 0.15) is 0 Å². The number of nitrogens with zero attached hydrogens (tertiary/aromatic N) is 3. The maximum absolute atomic E-state index is 12.4. The summed E-state index contributed by atoms with van der Waals surface area (Å²) in [4.78, 5) is 21.9. The first-order valence-corrected chi connectivity index (χ1v) is 9.23. The molecule has 1 N–H and O–H groups in total. The number of amides is 2. The van der Waals surface area contributed by atoms with Crippen molar-refractivity contribution in [3.05, 3.63) is 51.4 Å². The molecule has 1 aliphatic heterocycles. The smallest absolute Gasteiger partial charge is 0.317 e. The third kappa shape index (κ3) is 4.47. The predicted molar refractivity (Wildman–Crippen MR) is 97.4 cm³/mol. The molecule has 5 nitrogen and oxygen atoms in total. The summed E-state index contributed by atoms with van der Waals surface area (Å²) in [7, 11) is 0. The molecule has 1 unspecified atom stereocenters. The molecule has 24 heavy (non-hydrogen) atoms. The molecule has 0 bridgehead atoms. The molecule has 3 heterocycles. The Labute approximate surface area is 151 Å². The van der Waals surface area contributed by atoms with Gasteiger partial charge in [0.05, 0.1) is 10.4 Å². The van der Waals surface area contributed by atoms with E-state index in [9.17, 15) is 4.79 Å². The molecule has 0 saturated carbocycles. The summed E-state index contributed by atoms with van der Waals surface area (Å²) in [5, 5.41) is 3.06. The van der Waals surface area contributed by atoms with Crippen LogP contribution in [-0.4, -0.2) is 47.0 Å². The van der Waals surface area contributed by atoms with Gasteiger partial charge in [-0.05, 0) is 36.8 Å². The summed E-state index contributed by atoms with van der Waals surface area (Å²) < 4.78 is 0.827. The molecule has 7 heteroatoms. The van der Waals surface area contributed by atoms with Crippen molar-refractivity contribution in [2.24, 2.45) is 0 Å². The van der Waals surface area contributed by atoms with Crippen molar-refractivity contribution in [1.29, 1.82) is 0 Å². The molecule has 1 saturated heterocycles. The van der Waals surface area contributed by atoms with Crippen molar-refractivity contribution < 1.29 is 4.79 Å². The van der Waals surface area contributed by atoms with Crippen molar-refractivity contribution in [2.75, 3.05) is 26.2 Å². The number of carbonyl (C=O) groups excluding carboxylic acids is 1. The highest BCUT2D eigenvalue weighted by molar-refractivity contribution is 7.16. The molecular weight excluding hydrogens is 344 g/mol. The summed E-state index contributed by atoms with van der Waals surface area (Å²) >= 11 is 7.60.